The molecule has 0 spiro atoms. The van der Waals surface area contributed by atoms with E-state index in [-0.39, 0.29) is 6.92 Å². The van der Waals surface area contributed by atoms with Crippen molar-refractivity contribution in [2.45, 2.75) is 82.3 Å². The van der Waals surface area contributed by atoms with E-state index in [1.165, 1.54) is 49.3 Å². The molecular weight excluding hydrogens is 395 g/mol. The average Bonchev–Trinajstić information content (AvgIpc) is 3.14. The van der Waals surface area contributed by atoms with E-state index in [9.17, 15) is 0 Å². The zero-order chi connectivity index (χ0) is 22.1. The molecule has 31 heavy (non-hydrogen) atoms. The van der Waals surface area contributed by atoms with Crippen molar-refractivity contribution in [2.24, 2.45) is 5.92 Å². The Morgan fingerprint density at radius 1 is 1.06 bits per heavy atom. The van der Waals surface area contributed by atoms with Gasteiger partial charge in [0.05, 0.1) is 14.3 Å². The molecule has 4 rings (SSSR count). The Morgan fingerprint density at radius 3 is 2.29 bits per heavy atom. The van der Waals surface area contributed by atoms with Gasteiger partial charge < -0.3 is 9.07 Å². The topological polar surface area (TPSA) is 22.4 Å². The van der Waals surface area contributed by atoms with Crippen LogP contribution in [0.3, 0.4) is 0 Å². The molecule has 4 heteroatoms. The Kier molecular flexibility index (Phi) is 6.53. The number of furan rings is 1. The molecule has 2 aliphatic rings. The van der Waals surface area contributed by atoms with Crippen molar-refractivity contribution in [3.8, 4) is 0 Å². The molecule has 3 heterocycles. The molecule has 2 aliphatic heterocycles. The van der Waals surface area contributed by atoms with Gasteiger partial charge in [-0.25, -0.2) is 0 Å². The van der Waals surface area contributed by atoms with Crippen molar-refractivity contribution in [2.75, 3.05) is 0 Å². The minimum atomic E-state index is -1.75. The first kappa shape index (κ1) is 22.5. The summed E-state index contributed by atoms with van der Waals surface area (Å²) >= 11 is 0. The van der Waals surface area contributed by atoms with Crippen LogP contribution in [0.25, 0.3) is 0 Å². The first-order valence-electron chi connectivity index (χ1n) is 12.0. The van der Waals surface area contributed by atoms with Gasteiger partial charge in [-0.1, -0.05) is 95.1 Å². The van der Waals surface area contributed by atoms with Crippen LogP contribution in [0.4, 0.5) is 0 Å². The minimum Gasteiger partial charge on any atom is -0.466 e. The van der Waals surface area contributed by atoms with E-state index in [0.29, 0.717) is 17.6 Å². The van der Waals surface area contributed by atoms with E-state index < -0.39 is 13.7 Å². The third-order valence-electron chi connectivity index (χ3n) is 7.58. The van der Waals surface area contributed by atoms with E-state index in [4.69, 9.17) is 9.07 Å². The van der Waals surface area contributed by atoms with Gasteiger partial charge in [0.1, 0.15) is 11.4 Å². The highest BCUT2D eigenvalue weighted by atomic mass is 28.3. The Labute approximate surface area is 189 Å². The zero-order valence-electron chi connectivity index (χ0n) is 19.7. The van der Waals surface area contributed by atoms with Gasteiger partial charge in [0.25, 0.3) is 0 Å². The second-order valence-corrected chi connectivity index (χ2v) is 15.7. The highest BCUT2D eigenvalue weighted by Crippen LogP contribution is 2.51. The zero-order valence-corrected chi connectivity index (χ0v) is 20.7. The molecule has 1 aromatic heterocycles. The van der Waals surface area contributed by atoms with Crippen LogP contribution < -0.4 is 0 Å². The largest absolute Gasteiger partial charge is 0.466 e. The van der Waals surface area contributed by atoms with Crippen LogP contribution in [0.2, 0.25) is 25.5 Å². The molecule has 2 fully saturated rings. The molecule has 2 aromatic rings. The standard InChI is InChI=1S/C27H37BO2Si/c1-6-25(31(3,4)5)27(2,24-19-12-20-29-24)30-28-23-17-10-15-22(16-11-18-23)26(28)21-13-8-7-9-14-21/h7-9,12-14,19-20,22-23,26H,1,10-11,15-18H2,2-5H3/t22?,23?,26-,27-/m1/s1. The van der Waals surface area contributed by atoms with Crippen LogP contribution in [-0.2, 0) is 10.3 Å². The SMILES string of the molecule is C=C=C([C@](C)(OB1C2CCCC(CCC2)[C@H]1c1ccccc1)c1ccco1)[Si](C)(C)C. The fraction of sp³-hybridized carbons (Fsp3) is 0.519. The summed E-state index contributed by atoms with van der Waals surface area (Å²) in [6, 6.07) is 15.2. The highest BCUT2D eigenvalue weighted by Gasteiger charge is 2.50. The van der Waals surface area contributed by atoms with E-state index in [0.717, 1.165) is 5.76 Å². The maximum atomic E-state index is 7.37. The Morgan fingerprint density at radius 2 is 1.74 bits per heavy atom. The van der Waals surface area contributed by atoms with Crippen LogP contribution in [0.15, 0.2) is 70.7 Å². The molecule has 164 valence electrons. The van der Waals surface area contributed by atoms with Crippen molar-refractivity contribution >= 4 is 15.0 Å². The smallest absolute Gasteiger partial charge is 0.305 e. The number of hydrogen-bond donors (Lipinski definition) is 0. The third-order valence-corrected chi connectivity index (χ3v) is 9.73. The van der Waals surface area contributed by atoms with Gasteiger partial charge in [-0.3, -0.25) is 0 Å². The Hall–Kier alpha value is -1.74. The Balaban J connectivity index is 1.82. The van der Waals surface area contributed by atoms with E-state index in [2.05, 4.69) is 75.3 Å². The summed E-state index contributed by atoms with van der Waals surface area (Å²) in [6.45, 7) is 13.5. The fourth-order valence-corrected chi connectivity index (χ4v) is 8.48. The van der Waals surface area contributed by atoms with Crippen molar-refractivity contribution in [3.63, 3.8) is 0 Å². The molecule has 0 aliphatic carbocycles. The summed E-state index contributed by atoms with van der Waals surface area (Å²) in [5, 5.41) is 1.19. The quantitative estimate of drug-likeness (QED) is 0.344. The van der Waals surface area contributed by atoms with Crippen molar-refractivity contribution in [1.29, 1.82) is 0 Å². The predicted octanol–water partition coefficient (Wildman–Crippen LogP) is 7.77. The minimum absolute atomic E-state index is 0.173. The number of rotatable bonds is 6. The van der Waals surface area contributed by atoms with Crippen molar-refractivity contribution in [3.05, 3.63) is 77.6 Å². The van der Waals surface area contributed by atoms with E-state index in [1.54, 1.807) is 6.26 Å². The van der Waals surface area contributed by atoms with Gasteiger partial charge >= 0.3 is 6.92 Å². The number of benzene rings is 1. The molecule has 0 N–H and O–H groups in total. The second-order valence-electron chi connectivity index (χ2n) is 10.7. The molecule has 0 amide bonds. The molecule has 1 aromatic carbocycles. The first-order chi connectivity index (χ1) is 14.8. The molecule has 0 unspecified atom stereocenters. The summed E-state index contributed by atoms with van der Waals surface area (Å²) in [4.78, 5) is 0. The molecule has 2 bridgehead atoms. The van der Waals surface area contributed by atoms with Gasteiger partial charge in [-0.2, -0.15) is 0 Å². The monoisotopic (exact) mass is 432 g/mol. The normalized spacial score (nSPS) is 25.9. The predicted molar refractivity (Wildman–Crippen MR) is 133 cm³/mol. The summed E-state index contributed by atoms with van der Waals surface area (Å²) in [5.41, 5.74) is 4.14. The van der Waals surface area contributed by atoms with Gasteiger partial charge in [0.15, 0.2) is 0 Å². The molecular formula is C27H37BO2Si. The summed E-state index contributed by atoms with van der Waals surface area (Å²) in [7, 11) is -1.75. The van der Waals surface area contributed by atoms with E-state index >= 15 is 0 Å². The number of fused-ring (bicyclic) bond motifs is 3. The van der Waals surface area contributed by atoms with Crippen LogP contribution in [-0.4, -0.2) is 15.0 Å². The van der Waals surface area contributed by atoms with Crippen LogP contribution in [0.1, 0.15) is 62.6 Å². The van der Waals surface area contributed by atoms with Crippen molar-refractivity contribution < 1.29 is 9.07 Å². The first-order valence-corrected chi connectivity index (χ1v) is 15.5. The van der Waals surface area contributed by atoms with Gasteiger partial charge in [0.2, 0.25) is 0 Å². The summed E-state index contributed by atoms with van der Waals surface area (Å²) in [5.74, 6) is 2.58. The molecule has 0 saturated carbocycles. The lowest BCUT2D eigenvalue weighted by Crippen LogP contribution is -2.47. The lowest BCUT2D eigenvalue weighted by molar-refractivity contribution is 0.0969. The summed E-state index contributed by atoms with van der Waals surface area (Å²) in [6.07, 6.45) is 9.54. The lowest BCUT2D eigenvalue weighted by atomic mass is 9.43. The summed E-state index contributed by atoms with van der Waals surface area (Å²) < 4.78 is 13.4. The fourth-order valence-electron chi connectivity index (χ4n) is 6.34. The third kappa shape index (κ3) is 4.44. The molecule has 2 atom stereocenters. The average molecular weight is 432 g/mol. The molecule has 2 saturated heterocycles. The van der Waals surface area contributed by atoms with Gasteiger partial charge in [0, 0.05) is 0 Å². The van der Waals surface area contributed by atoms with Crippen LogP contribution >= 0.6 is 0 Å². The Bertz CT molecular complexity index is 900. The van der Waals surface area contributed by atoms with Crippen LogP contribution in [0.5, 0.6) is 0 Å². The molecule has 2 nitrogen and oxygen atoms in total. The van der Waals surface area contributed by atoms with Gasteiger partial charge in [-0.15, -0.1) is 5.73 Å². The molecule has 0 radical (unpaired) electrons. The van der Waals surface area contributed by atoms with Crippen molar-refractivity contribution in [1.82, 2.24) is 0 Å². The second kappa shape index (κ2) is 9.02. The lowest BCUT2D eigenvalue weighted by Gasteiger charge is -2.41. The maximum Gasteiger partial charge on any atom is 0.305 e. The number of hydrogen-bond acceptors (Lipinski definition) is 2. The van der Waals surface area contributed by atoms with E-state index in [1.807, 2.05) is 6.07 Å². The van der Waals surface area contributed by atoms with Gasteiger partial charge in [-0.05, 0) is 47.4 Å². The maximum absolute atomic E-state index is 7.37. The van der Waals surface area contributed by atoms with Crippen LogP contribution in [0, 0.1) is 5.92 Å². The highest BCUT2D eigenvalue weighted by molar-refractivity contribution is 6.83.